The molecule has 0 aromatic rings. The molecular formula is C19H29N3O5S. The first-order valence-corrected chi connectivity index (χ1v) is 11.9. The fourth-order valence-corrected chi connectivity index (χ4v) is 4.70. The quantitative estimate of drug-likeness (QED) is 0.654. The smallest absolute Gasteiger partial charge is 0.259 e. The van der Waals surface area contributed by atoms with E-state index in [0.29, 0.717) is 25.8 Å². The maximum Gasteiger partial charge on any atom is 0.259 e. The van der Waals surface area contributed by atoms with E-state index in [2.05, 4.69) is 5.32 Å². The maximum absolute atomic E-state index is 12.9. The Hall–Kier alpha value is -1.90. The van der Waals surface area contributed by atoms with Crippen LogP contribution in [0.3, 0.4) is 0 Å². The summed E-state index contributed by atoms with van der Waals surface area (Å²) in [5, 5.41) is 2.79. The van der Waals surface area contributed by atoms with Gasteiger partial charge in [0.15, 0.2) is 0 Å². The van der Waals surface area contributed by atoms with Crippen LogP contribution in [0.25, 0.3) is 0 Å². The summed E-state index contributed by atoms with van der Waals surface area (Å²) < 4.78 is 25.1. The van der Waals surface area contributed by atoms with Gasteiger partial charge >= 0.3 is 0 Å². The minimum Gasteiger partial charge on any atom is -0.339 e. The largest absolute Gasteiger partial charge is 0.339 e. The molecule has 3 aliphatic rings. The summed E-state index contributed by atoms with van der Waals surface area (Å²) in [6.45, 7) is 0.544. The molecule has 3 atom stereocenters. The molecule has 1 aliphatic carbocycles. The zero-order valence-corrected chi connectivity index (χ0v) is 17.1. The van der Waals surface area contributed by atoms with E-state index in [1.165, 1.54) is 0 Å². The second-order valence-corrected chi connectivity index (χ2v) is 9.85. The molecule has 0 radical (unpaired) electrons. The summed E-state index contributed by atoms with van der Waals surface area (Å²) >= 11 is 0. The number of hydrogen-bond donors (Lipinski definition) is 2. The first-order chi connectivity index (χ1) is 13.2. The van der Waals surface area contributed by atoms with Gasteiger partial charge in [0.2, 0.25) is 21.8 Å². The first kappa shape index (κ1) is 20.8. The number of nitrogens with one attached hydrogen (secondary N) is 2. The Morgan fingerprint density at radius 1 is 1.21 bits per heavy atom. The fourth-order valence-electron chi connectivity index (χ4n) is 4.18. The number of hydrogen-bond acceptors (Lipinski definition) is 5. The van der Waals surface area contributed by atoms with Crippen molar-refractivity contribution in [1.82, 2.24) is 14.9 Å². The Balaban J connectivity index is 1.82. The van der Waals surface area contributed by atoms with Crippen molar-refractivity contribution in [2.45, 2.75) is 69.4 Å². The van der Waals surface area contributed by atoms with E-state index in [9.17, 15) is 22.8 Å². The summed E-state index contributed by atoms with van der Waals surface area (Å²) in [5.74, 6) is -1.35. The van der Waals surface area contributed by atoms with Gasteiger partial charge in [-0.15, -0.1) is 0 Å². The van der Waals surface area contributed by atoms with Crippen molar-refractivity contribution in [3.05, 3.63) is 12.2 Å². The van der Waals surface area contributed by atoms with E-state index < -0.39 is 27.5 Å². The van der Waals surface area contributed by atoms with Crippen molar-refractivity contribution >= 4 is 27.7 Å². The number of carbonyl (C=O) groups excluding carboxylic acids is 3. The van der Waals surface area contributed by atoms with Crippen LogP contribution in [0.1, 0.15) is 57.8 Å². The number of allylic oxidation sites excluding steroid dienone is 1. The predicted molar refractivity (Wildman–Crippen MR) is 104 cm³/mol. The van der Waals surface area contributed by atoms with Crippen LogP contribution in [0.4, 0.5) is 0 Å². The highest BCUT2D eigenvalue weighted by Crippen LogP contribution is 2.45. The highest BCUT2D eigenvalue weighted by atomic mass is 32.2. The number of sulfonamides is 1. The second-order valence-electron chi connectivity index (χ2n) is 8.10. The molecular weight excluding hydrogens is 382 g/mol. The van der Waals surface area contributed by atoms with Gasteiger partial charge in [0.25, 0.3) is 5.91 Å². The van der Waals surface area contributed by atoms with Crippen LogP contribution in [0.2, 0.25) is 0 Å². The average Bonchev–Trinajstić information content (AvgIpc) is 3.07. The van der Waals surface area contributed by atoms with Crippen LogP contribution < -0.4 is 10.0 Å². The molecule has 9 heteroatoms. The summed E-state index contributed by atoms with van der Waals surface area (Å²) in [6, 6.07) is -0.592. The number of amides is 3. The van der Waals surface area contributed by atoms with Gasteiger partial charge in [0.05, 0.1) is 6.26 Å². The van der Waals surface area contributed by atoms with Gasteiger partial charge in [-0.05, 0) is 38.5 Å². The maximum atomic E-state index is 12.9. The molecule has 0 aromatic carbocycles. The topological polar surface area (TPSA) is 113 Å². The zero-order valence-electron chi connectivity index (χ0n) is 16.3. The Labute approximate surface area is 166 Å². The van der Waals surface area contributed by atoms with Gasteiger partial charge < -0.3 is 10.2 Å². The van der Waals surface area contributed by atoms with Crippen molar-refractivity contribution in [2.24, 2.45) is 5.92 Å². The Kier molecular flexibility index (Phi) is 6.12. The molecule has 1 saturated heterocycles. The van der Waals surface area contributed by atoms with E-state index in [4.69, 9.17) is 0 Å². The standard InChI is InChI=1S/C19H29N3O5S/c1-28(26,27)21-18(25)19-13-14(19)9-6-4-2-3-5-7-11-16(23)22-12-8-10-15(22)17(24)20-19/h6,9,14-15H,2-5,7-8,10-13H2,1H3,(H,20,24)(H,21,25)/b9-6-/t14-,15+,19-/m1/s1. The lowest BCUT2D eigenvalue weighted by atomic mass is 10.1. The van der Waals surface area contributed by atoms with E-state index >= 15 is 0 Å². The van der Waals surface area contributed by atoms with E-state index in [1.54, 1.807) is 4.90 Å². The number of rotatable bonds is 2. The Morgan fingerprint density at radius 3 is 2.71 bits per heavy atom. The zero-order chi connectivity index (χ0) is 20.4. The molecule has 28 heavy (non-hydrogen) atoms. The SMILES string of the molecule is CS(=O)(=O)NC(=O)[C@@]12C[C@H]1/C=C\CCCCCCC(=O)N1CCC[C@H]1C(=O)N2. The molecule has 156 valence electrons. The van der Waals surface area contributed by atoms with Crippen LogP contribution in [-0.4, -0.2) is 55.4 Å². The van der Waals surface area contributed by atoms with Gasteiger partial charge in [-0.3, -0.25) is 19.1 Å². The van der Waals surface area contributed by atoms with Crippen molar-refractivity contribution < 1.29 is 22.8 Å². The third-order valence-corrected chi connectivity index (χ3v) is 6.36. The molecule has 0 spiro atoms. The summed E-state index contributed by atoms with van der Waals surface area (Å²) in [6.07, 6.45) is 11.6. The van der Waals surface area contributed by atoms with Crippen LogP contribution in [0.5, 0.6) is 0 Å². The predicted octanol–water partition coefficient (Wildman–Crippen LogP) is 0.839. The van der Waals surface area contributed by atoms with Crippen molar-refractivity contribution in [3.63, 3.8) is 0 Å². The summed E-state index contributed by atoms with van der Waals surface area (Å²) in [4.78, 5) is 39.8. The van der Waals surface area contributed by atoms with E-state index in [0.717, 1.165) is 44.8 Å². The van der Waals surface area contributed by atoms with E-state index in [1.807, 2.05) is 16.9 Å². The minimum atomic E-state index is -3.73. The first-order valence-electron chi connectivity index (χ1n) is 10.0. The Morgan fingerprint density at radius 2 is 1.96 bits per heavy atom. The van der Waals surface area contributed by atoms with Crippen molar-refractivity contribution in [2.75, 3.05) is 12.8 Å². The molecule has 3 rings (SSSR count). The molecule has 2 aliphatic heterocycles. The summed E-state index contributed by atoms with van der Waals surface area (Å²) in [5.41, 5.74) is -1.26. The molecule has 2 heterocycles. The lowest BCUT2D eigenvalue weighted by Crippen LogP contribution is -2.56. The van der Waals surface area contributed by atoms with E-state index in [-0.39, 0.29) is 17.7 Å². The number of carbonyl (C=O) groups is 3. The van der Waals surface area contributed by atoms with Gasteiger partial charge in [-0.2, -0.15) is 0 Å². The second kappa shape index (κ2) is 8.23. The van der Waals surface area contributed by atoms with Gasteiger partial charge in [0, 0.05) is 18.9 Å². The highest BCUT2D eigenvalue weighted by Gasteiger charge is 2.61. The molecule has 0 bridgehead atoms. The molecule has 2 fully saturated rings. The normalized spacial score (nSPS) is 33.0. The van der Waals surface area contributed by atoms with Crippen LogP contribution in [0, 0.1) is 5.92 Å². The van der Waals surface area contributed by atoms with Crippen molar-refractivity contribution in [3.8, 4) is 0 Å². The third-order valence-electron chi connectivity index (χ3n) is 5.80. The highest BCUT2D eigenvalue weighted by molar-refractivity contribution is 7.89. The lowest BCUT2D eigenvalue weighted by molar-refractivity contribution is -0.139. The monoisotopic (exact) mass is 411 g/mol. The van der Waals surface area contributed by atoms with Gasteiger partial charge in [-0.25, -0.2) is 8.42 Å². The number of fused-ring (bicyclic) bond motifs is 2. The third kappa shape index (κ3) is 4.74. The van der Waals surface area contributed by atoms with Gasteiger partial charge in [-0.1, -0.05) is 25.0 Å². The number of nitrogens with zero attached hydrogens (tertiary/aromatic N) is 1. The lowest BCUT2D eigenvalue weighted by Gasteiger charge is -2.26. The molecule has 0 unspecified atom stereocenters. The fraction of sp³-hybridized carbons (Fsp3) is 0.737. The van der Waals surface area contributed by atoms with Crippen LogP contribution in [-0.2, 0) is 24.4 Å². The molecule has 0 aromatic heterocycles. The molecule has 8 nitrogen and oxygen atoms in total. The van der Waals surface area contributed by atoms with Crippen molar-refractivity contribution in [1.29, 1.82) is 0 Å². The minimum absolute atomic E-state index is 0.0207. The average molecular weight is 412 g/mol. The molecule has 3 amide bonds. The van der Waals surface area contributed by atoms with Crippen LogP contribution in [0.15, 0.2) is 12.2 Å². The molecule has 2 N–H and O–H groups in total. The Bertz CT molecular complexity index is 778. The summed E-state index contributed by atoms with van der Waals surface area (Å²) in [7, 11) is -3.73. The van der Waals surface area contributed by atoms with Crippen LogP contribution >= 0.6 is 0 Å². The van der Waals surface area contributed by atoms with Gasteiger partial charge in [0.1, 0.15) is 11.6 Å². The molecule has 1 saturated carbocycles.